The van der Waals surface area contributed by atoms with Gasteiger partial charge in [0, 0.05) is 66.3 Å². The average Bonchev–Trinajstić information content (AvgIpc) is 1.55. The minimum absolute atomic E-state index is 0.568. The highest BCUT2D eigenvalue weighted by atomic mass is 15.0. The first-order valence-corrected chi connectivity index (χ1v) is 35.1. The molecule has 0 aliphatic carbocycles. The van der Waals surface area contributed by atoms with E-state index in [2.05, 4.69) is 306 Å². The monoisotopic (exact) mass is 1330 g/mol. The van der Waals surface area contributed by atoms with E-state index in [9.17, 15) is 0 Å². The number of para-hydroxylation sites is 3. The third kappa shape index (κ3) is 11.3. The second-order valence-electron chi connectivity index (χ2n) is 26.1. The second-order valence-corrected chi connectivity index (χ2v) is 26.1. The van der Waals surface area contributed by atoms with Crippen LogP contribution in [0.5, 0.6) is 0 Å². The molecule has 0 amide bonds. The van der Waals surface area contributed by atoms with Gasteiger partial charge in [-0.3, -0.25) is 0 Å². The van der Waals surface area contributed by atoms with Crippen molar-refractivity contribution in [1.29, 1.82) is 0 Å². The lowest BCUT2D eigenvalue weighted by Gasteiger charge is -2.18. The topological polar surface area (TPSA) is 87.2 Å². The highest BCUT2D eigenvalue weighted by Gasteiger charge is 2.23. The summed E-state index contributed by atoms with van der Waals surface area (Å²) in [5.74, 6) is 3.56. The van der Waals surface area contributed by atoms with Crippen LogP contribution >= 0.6 is 0 Å². The molecule has 0 saturated carbocycles. The van der Waals surface area contributed by atoms with Gasteiger partial charge in [-0.15, -0.1) is 0 Å². The Bertz CT molecular complexity index is 6360. The van der Waals surface area contributed by atoms with Gasteiger partial charge in [0.15, 0.2) is 34.9 Å². The van der Waals surface area contributed by atoms with Gasteiger partial charge in [0.1, 0.15) is 0 Å². The normalized spacial score (nSPS) is 11.5. The first-order valence-electron chi connectivity index (χ1n) is 35.1. The van der Waals surface area contributed by atoms with Crippen LogP contribution in [0.15, 0.2) is 376 Å². The molecule has 0 fully saturated rings. The van der Waals surface area contributed by atoms with Gasteiger partial charge in [-0.1, -0.05) is 309 Å². The van der Waals surface area contributed by atoms with E-state index in [0.717, 1.165) is 122 Å². The van der Waals surface area contributed by atoms with Crippen molar-refractivity contribution in [3.8, 4) is 146 Å². The van der Waals surface area contributed by atoms with Crippen LogP contribution in [0.1, 0.15) is 0 Å². The molecule has 8 nitrogen and oxygen atoms in total. The van der Waals surface area contributed by atoms with E-state index in [4.69, 9.17) is 29.9 Å². The van der Waals surface area contributed by atoms with Crippen molar-refractivity contribution in [2.45, 2.75) is 0 Å². The molecule has 8 heteroatoms. The summed E-state index contributed by atoms with van der Waals surface area (Å²) in [5.41, 5.74) is 25.5. The molecule has 104 heavy (non-hydrogen) atoms. The first kappa shape index (κ1) is 61.0. The molecular weight excluding hydrogens is 1270 g/mol. The number of benzene rings is 15. The van der Waals surface area contributed by atoms with Gasteiger partial charge in [-0.05, 0) is 133 Å². The lowest BCUT2D eigenvalue weighted by molar-refractivity contribution is 1.07. The highest BCUT2D eigenvalue weighted by Crippen LogP contribution is 2.45. The fraction of sp³-hybridized carbons (Fsp3) is 0. The minimum atomic E-state index is 0.568. The van der Waals surface area contributed by atoms with E-state index in [1.165, 1.54) is 32.8 Å². The van der Waals surface area contributed by atoms with Crippen LogP contribution in [0.25, 0.3) is 190 Å². The Morgan fingerprint density at radius 2 is 0.433 bits per heavy atom. The van der Waals surface area contributed by atoms with Crippen molar-refractivity contribution in [1.82, 2.24) is 39.0 Å². The highest BCUT2D eigenvalue weighted by molar-refractivity contribution is 6.13. The standard InChI is InChI=1S/C96H62N8/c1-6-24-63(25-7-1)64-52-56-77(57-53-64)104-87-43-21-18-38-82(87)84-61-73(54-58-88(84)104)79-37-17-16-36-78(79)65-44-48-70(49-45-65)95-100-93(69-30-12-4-13-31-69)101-96(102-95)75-33-22-32-72(60-75)81-41-23-40-80(90(81)74-55-59-89-85(62-74)83-39-19-20-42-86(83)103(89)76-34-14-5-15-35-76)66-46-50-71(51-47-66)94-98-91(67-26-8-2-9-27-67)97-92(99-94)68-28-10-3-11-29-68/h1-62H. The van der Waals surface area contributed by atoms with Crippen LogP contribution < -0.4 is 0 Å². The number of fused-ring (bicyclic) bond motifs is 6. The third-order valence-corrected chi connectivity index (χ3v) is 19.9. The van der Waals surface area contributed by atoms with E-state index < -0.39 is 0 Å². The molecule has 19 aromatic rings. The van der Waals surface area contributed by atoms with Gasteiger partial charge in [0.05, 0.1) is 22.1 Å². The van der Waals surface area contributed by atoms with Crippen molar-refractivity contribution in [3.05, 3.63) is 376 Å². The molecule has 4 heterocycles. The molecule has 4 aromatic heterocycles. The molecule has 0 aliphatic heterocycles. The number of nitrogens with zero attached hydrogens (tertiary/aromatic N) is 8. The van der Waals surface area contributed by atoms with Gasteiger partial charge in [0.2, 0.25) is 0 Å². The van der Waals surface area contributed by atoms with Crippen molar-refractivity contribution in [2.24, 2.45) is 0 Å². The van der Waals surface area contributed by atoms with E-state index in [-0.39, 0.29) is 0 Å². The van der Waals surface area contributed by atoms with Crippen LogP contribution in [0.3, 0.4) is 0 Å². The fourth-order valence-electron chi connectivity index (χ4n) is 14.9. The lowest BCUT2D eigenvalue weighted by atomic mass is 9.86. The fourth-order valence-corrected chi connectivity index (χ4v) is 14.9. The molecular formula is C96H62N8. The van der Waals surface area contributed by atoms with Gasteiger partial charge < -0.3 is 9.13 Å². The quantitative estimate of drug-likeness (QED) is 0.108. The molecule has 0 spiro atoms. The van der Waals surface area contributed by atoms with E-state index >= 15 is 0 Å². The Morgan fingerprint density at radius 3 is 0.933 bits per heavy atom. The van der Waals surface area contributed by atoms with E-state index in [1.807, 2.05) is 78.9 Å². The maximum Gasteiger partial charge on any atom is 0.164 e. The molecule has 0 aliphatic rings. The summed E-state index contributed by atoms with van der Waals surface area (Å²) in [6.45, 7) is 0. The smallest absolute Gasteiger partial charge is 0.164 e. The Balaban J connectivity index is 0.700. The average molecular weight is 1330 g/mol. The number of hydrogen-bond acceptors (Lipinski definition) is 6. The SMILES string of the molecule is c1ccc(-c2ccc(-n3c4ccccc4c4cc(-c5ccccc5-c5ccc(-c6nc(-c7ccccc7)nc(-c7cccc(-c8cccc(-c9ccc(-c%10nc(-c%11ccccc%11)nc(-c%11ccccc%11)n%10)cc9)c8-c8ccc9c(c8)c8ccccc8n9-c8ccccc8)c7)n6)cc5)ccc43)cc2)cc1. The molecule has 0 N–H and O–H groups in total. The maximum atomic E-state index is 5.37. The number of aromatic nitrogens is 8. The zero-order chi connectivity index (χ0) is 68.9. The third-order valence-electron chi connectivity index (χ3n) is 19.9. The molecule has 0 unspecified atom stereocenters. The van der Waals surface area contributed by atoms with Gasteiger partial charge in [-0.25, -0.2) is 29.9 Å². The van der Waals surface area contributed by atoms with Crippen molar-refractivity contribution < 1.29 is 0 Å². The van der Waals surface area contributed by atoms with Crippen LogP contribution in [0, 0.1) is 0 Å². The molecule has 0 bridgehead atoms. The van der Waals surface area contributed by atoms with E-state index in [1.54, 1.807) is 0 Å². The summed E-state index contributed by atoms with van der Waals surface area (Å²) < 4.78 is 4.75. The summed E-state index contributed by atoms with van der Waals surface area (Å²) in [7, 11) is 0. The number of hydrogen-bond donors (Lipinski definition) is 0. The Kier molecular flexibility index (Phi) is 15.4. The lowest BCUT2D eigenvalue weighted by Crippen LogP contribution is -2.00. The van der Waals surface area contributed by atoms with Crippen molar-refractivity contribution in [2.75, 3.05) is 0 Å². The largest absolute Gasteiger partial charge is 0.309 e. The van der Waals surface area contributed by atoms with Crippen LogP contribution in [-0.4, -0.2) is 39.0 Å². The summed E-state index contributed by atoms with van der Waals surface area (Å²) in [4.78, 5) is 31.1. The minimum Gasteiger partial charge on any atom is -0.309 e. The Hall–Kier alpha value is -14.1. The van der Waals surface area contributed by atoms with Crippen LogP contribution in [0.4, 0.5) is 0 Å². The summed E-state index contributed by atoms with van der Waals surface area (Å²) in [6.07, 6.45) is 0. The van der Waals surface area contributed by atoms with Gasteiger partial charge in [-0.2, -0.15) is 0 Å². The number of rotatable bonds is 14. The summed E-state index contributed by atoms with van der Waals surface area (Å²) in [6, 6.07) is 133. The second kappa shape index (κ2) is 26.2. The molecule has 19 rings (SSSR count). The van der Waals surface area contributed by atoms with Gasteiger partial charge in [0.25, 0.3) is 0 Å². The molecule has 15 aromatic carbocycles. The zero-order valence-electron chi connectivity index (χ0n) is 56.4. The summed E-state index contributed by atoms with van der Waals surface area (Å²) >= 11 is 0. The Labute approximate surface area is 601 Å². The van der Waals surface area contributed by atoms with Crippen molar-refractivity contribution in [3.63, 3.8) is 0 Å². The van der Waals surface area contributed by atoms with Gasteiger partial charge >= 0.3 is 0 Å². The first-order chi connectivity index (χ1) is 51.5. The maximum absolute atomic E-state index is 5.37. The molecule has 0 radical (unpaired) electrons. The van der Waals surface area contributed by atoms with Crippen molar-refractivity contribution >= 4 is 43.6 Å². The van der Waals surface area contributed by atoms with Crippen LogP contribution in [0.2, 0.25) is 0 Å². The zero-order valence-corrected chi connectivity index (χ0v) is 56.4. The Morgan fingerprint density at radius 1 is 0.154 bits per heavy atom. The van der Waals surface area contributed by atoms with E-state index in [0.29, 0.717) is 34.9 Å². The predicted molar refractivity (Wildman–Crippen MR) is 427 cm³/mol. The molecule has 0 saturated heterocycles. The summed E-state index contributed by atoms with van der Waals surface area (Å²) in [5, 5.41) is 4.75. The van der Waals surface area contributed by atoms with Crippen LogP contribution in [-0.2, 0) is 0 Å². The molecule has 486 valence electrons. The molecule has 0 atom stereocenters. The predicted octanol–water partition coefficient (Wildman–Crippen LogP) is 24.3.